The summed E-state index contributed by atoms with van der Waals surface area (Å²) in [7, 11) is 0. The Balaban J connectivity index is 2.11. The third-order valence-electron chi connectivity index (χ3n) is 2.96. The Morgan fingerprint density at radius 1 is 1.14 bits per heavy atom. The lowest BCUT2D eigenvalue weighted by atomic mass is 10.2. The van der Waals surface area contributed by atoms with Crippen LogP contribution >= 0.6 is 0 Å². The molecule has 7 heteroatoms. The van der Waals surface area contributed by atoms with Crippen molar-refractivity contribution in [2.45, 2.75) is 0 Å². The quantitative estimate of drug-likeness (QED) is 0.588. The molecular weight excluding hydrogens is 274 g/mol. The largest absolute Gasteiger partial charge is 0.337 e. The van der Waals surface area contributed by atoms with Gasteiger partial charge in [-0.1, -0.05) is 12.1 Å². The van der Waals surface area contributed by atoms with E-state index < -0.39 is 10.7 Å². The lowest BCUT2D eigenvalue weighted by Crippen LogP contribution is -1.98. The first-order valence-electron chi connectivity index (χ1n) is 6.06. The van der Waals surface area contributed by atoms with Crippen molar-refractivity contribution in [2.75, 3.05) is 5.32 Å². The summed E-state index contributed by atoms with van der Waals surface area (Å²) < 4.78 is 13.7. The van der Waals surface area contributed by atoms with Crippen LogP contribution in [0.2, 0.25) is 0 Å². The van der Waals surface area contributed by atoms with Crippen LogP contribution in [0.1, 0.15) is 0 Å². The van der Waals surface area contributed by atoms with Crippen LogP contribution in [0.25, 0.3) is 10.9 Å². The van der Waals surface area contributed by atoms with Gasteiger partial charge in [0.25, 0.3) is 5.69 Å². The van der Waals surface area contributed by atoms with Crippen LogP contribution in [-0.4, -0.2) is 14.9 Å². The Hall–Kier alpha value is -3.09. The zero-order chi connectivity index (χ0) is 14.8. The Bertz CT molecular complexity index is 838. The van der Waals surface area contributed by atoms with Gasteiger partial charge >= 0.3 is 0 Å². The van der Waals surface area contributed by atoms with Gasteiger partial charge in [0.05, 0.1) is 16.1 Å². The molecule has 1 N–H and O–H groups in total. The molecule has 21 heavy (non-hydrogen) atoms. The standard InChI is InChI=1S/C14H9FN4O2/c15-11-3-1-2-4-13(11)18-14-10-7-9(19(20)21)5-6-12(10)16-8-17-14/h1-8H,(H,16,17,18)/i15-1. The Labute approximate surface area is 118 Å². The van der Waals surface area contributed by atoms with Crippen LogP contribution in [0.3, 0.4) is 0 Å². The summed E-state index contributed by atoms with van der Waals surface area (Å²) in [5, 5.41) is 14.1. The molecule has 0 aliphatic heterocycles. The fourth-order valence-electron chi connectivity index (χ4n) is 1.95. The first-order valence-corrected chi connectivity index (χ1v) is 6.06. The van der Waals surface area contributed by atoms with Gasteiger partial charge in [0.15, 0.2) is 0 Å². The highest BCUT2D eigenvalue weighted by molar-refractivity contribution is 5.92. The molecule has 3 aromatic rings. The number of aromatic nitrogens is 2. The van der Waals surface area contributed by atoms with Crippen LogP contribution in [-0.2, 0) is 0 Å². The van der Waals surface area contributed by atoms with Gasteiger partial charge in [-0.2, -0.15) is 0 Å². The molecular formula is C14H9FN4O2. The lowest BCUT2D eigenvalue weighted by molar-refractivity contribution is -0.384. The fourth-order valence-corrected chi connectivity index (χ4v) is 1.95. The van der Waals surface area contributed by atoms with Crippen LogP contribution in [0.5, 0.6) is 0 Å². The molecule has 6 nitrogen and oxygen atoms in total. The first-order chi connectivity index (χ1) is 10.1. The summed E-state index contributed by atoms with van der Waals surface area (Å²) in [6.45, 7) is 0. The number of hydrogen-bond donors (Lipinski definition) is 1. The van der Waals surface area contributed by atoms with Gasteiger partial charge in [0, 0.05) is 17.5 Å². The second-order valence-electron chi connectivity index (χ2n) is 4.29. The van der Waals surface area contributed by atoms with Gasteiger partial charge in [-0.3, -0.25) is 10.1 Å². The molecule has 0 atom stereocenters. The maximum atomic E-state index is 13.7. The summed E-state index contributed by atoms with van der Waals surface area (Å²) in [4.78, 5) is 18.4. The number of non-ortho nitro benzene ring substituents is 1. The van der Waals surface area contributed by atoms with Crippen molar-refractivity contribution in [3.63, 3.8) is 0 Å². The monoisotopic (exact) mass is 283 g/mol. The van der Waals surface area contributed by atoms with Crippen molar-refractivity contribution in [3.05, 3.63) is 64.7 Å². The van der Waals surface area contributed by atoms with Crippen molar-refractivity contribution in [3.8, 4) is 0 Å². The van der Waals surface area contributed by atoms with E-state index in [1.54, 1.807) is 18.2 Å². The summed E-state index contributed by atoms with van der Waals surface area (Å²) in [6.07, 6.45) is 1.32. The van der Waals surface area contributed by atoms with Crippen molar-refractivity contribution < 1.29 is 9.31 Å². The minimum absolute atomic E-state index is 0.0751. The predicted molar refractivity (Wildman–Crippen MR) is 75.9 cm³/mol. The molecule has 0 saturated heterocycles. The van der Waals surface area contributed by atoms with Gasteiger partial charge in [-0.15, -0.1) is 0 Å². The van der Waals surface area contributed by atoms with E-state index in [-0.39, 0.29) is 11.4 Å². The SMILES string of the molecule is O=[N+]([O-])c1ccc2ncnc(Nc3ccccc3[18F])c2c1. The molecule has 0 radical (unpaired) electrons. The topological polar surface area (TPSA) is 81.0 Å². The number of nitrogens with zero attached hydrogens (tertiary/aromatic N) is 3. The first kappa shape index (κ1) is 12.9. The highest BCUT2D eigenvalue weighted by Gasteiger charge is 2.11. The molecule has 0 spiro atoms. The van der Waals surface area contributed by atoms with E-state index >= 15 is 0 Å². The summed E-state index contributed by atoms with van der Waals surface area (Å²) >= 11 is 0. The Morgan fingerprint density at radius 3 is 2.71 bits per heavy atom. The number of nitro groups is 1. The molecule has 0 amide bonds. The number of para-hydroxylation sites is 1. The van der Waals surface area contributed by atoms with Gasteiger partial charge in [0.2, 0.25) is 0 Å². The molecule has 0 unspecified atom stereocenters. The fraction of sp³-hybridized carbons (Fsp3) is 0. The number of halogens is 1. The zero-order valence-corrected chi connectivity index (χ0v) is 10.7. The average molecular weight is 283 g/mol. The van der Waals surface area contributed by atoms with E-state index in [4.69, 9.17) is 0 Å². The van der Waals surface area contributed by atoms with E-state index in [1.807, 2.05) is 0 Å². The third kappa shape index (κ3) is 2.48. The van der Waals surface area contributed by atoms with Crippen LogP contribution in [0, 0.1) is 15.9 Å². The number of fused-ring (bicyclic) bond motifs is 1. The zero-order valence-electron chi connectivity index (χ0n) is 10.7. The normalized spacial score (nSPS) is 10.5. The van der Waals surface area contributed by atoms with Gasteiger partial charge in [-0.05, 0) is 18.2 Å². The minimum Gasteiger partial charge on any atom is -0.337 e. The van der Waals surface area contributed by atoms with Crippen LogP contribution in [0.15, 0.2) is 48.8 Å². The smallest absolute Gasteiger partial charge is 0.270 e. The number of nitrogens with one attached hydrogen (secondary N) is 1. The Morgan fingerprint density at radius 2 is 1.95 bits per heavy atom. The molecule has 0 saturated carbocycles. The van der Waals surface area contributed by atoms with Crippen LogP contribution < -0.4 is 5.32 Å². The van der Waals surface area contributed by atoms with E-state index in [1.165, 1.54) is 30.6 Å². The van der Waals surface area contributed by atoms with Crippen molar-refractivity contribution in [1.82, 2.24) is 9.97 Å². The molecule has 2 aromatic carbocycles. The molecule has 3 rings (SSSR count). The highest BCUT2D eigenvalue weighted by Crippen LogP contribution is 2.27. The van der Waals surface area contributed by atoms with Crippen LogP contribution in [0.4, 0.5) is 21.6 Å². The summed E-state index contributed by atoms with van der Waals surface area (Å²) in [5.41, 5.74) is 0.701. The second-order valence-corrected chi connectivity index (χ2v) is 4.29. The van der Waals surface area contributed by atoms with E-state index in [0.717, 1.165) is 0 Å². The van der Waals surface area contributed by atoms with E-state index in [9.17, 15) is 14.5 Å². The number of anilines is 2. The van der Waals surface area contributed by atoms with Crippen molar-refractivity contribution in [1.29, 1.82) is 0 Å². The second kappa shape index (κ2) is 5.12. The molecule has 0 bridgehead atoms. The number of hydrogen-bond acceptors (Lipinski definition) is 5. The summed E-state index contributed by atoms with van der Waals surface area (Å²) in [6, 6.07) is 10.4. The lowest BCUT2D eigenvalue weighted by Gasteiger charge is -2.08. The molecule has 1 heterocycles. The maximum Gasteiger partial charge on any atom is 0.270 e. The number of benzene rings is 2. The predicted octanol–water partition coefficient (Wildman–Crippen LogP) is 3.42. The summed E-state index contributed by atoms with van der Waals surface area (Å²) in [5.74, 6) is -0.122. The Kier molecular flexibility index (Phi) is 3.15. The van der Waals surface area contributed by atoms with Gasteiger partial charge in [-0.25, -0.2) is 14.4 Å². The minimum atomic E-state index is -0.501. The molecule has 1 aromatic heterocycles. The number of rotatable bonds is 3. The maximum absolute atomic E-state index is 13.7. The van der Waals surface area contributed by atoms with Crippen molar-refractivity contribution in [2.24, 2.45) is 0 Å². The van der Waals surface area contributed by atoms with Gasteiger partial charge < -0.3 is 5.32 Å². The molecule has 0 aliphatic carbocycles. The molecule has 0 fully saturated rings. The average Bonchev–Trinajstić information content (AvgIpc) is 2.49. The van der Waals surface area contributed by atoms with E-state index in [2.05, 4.69) is 15.3 Å². The van der Waals surface area contributed by atoms with Gasteiger partial charge in [0.1, 0.15) is 18.0 Å². The highest BCUT2D eigenvalue weighted by atomic mass is 18.2. The van der Waals surface area contributed by atoms with Crippen molar-refractivity contribution >= 4 is 28.1 Å². The number of nitro benzene ring substituents is 1. The van der Waals surface area contributed by atoms with E-state index in [0.29, 0.717) is 16.7 Å². The molecule has 104 valence electrons. The third-order valence-corrected chi connectivity index (χ3v) is 2.96. The molecule has 0 aliphatic rings.